The van der Waals surface area contributed by atoms with Crippen LogP contribution in [0.1, 0.15) is 24.0 Å². The van der Waals surface area contributed by atoms with Crippen LogP contribution in [0.25, 0.3) is 0 Å². The summed E-state index contributed by atoms with van der Waals surface area (Å²) in [4.78, 5) is 0. The van der Waals surface area contributed by atoms with Gasteiger partial charge in [0.1, 0.15) is 5.75 Å². The van der Waals surface area contributed by atoms with Crippen LogP contribution < -0.4 is 10.5 Å². The Kier molecular flexibility index (Phi) is 2.44. The van der Waals surface area contributed by atoms with Crippen molar-refractivity contribution in [1.82, 2.24) is 0 Å². The van der Waals surface area contributed by atoms with Crippen LogP contribution in [-0.2, 0) is 5.54 Å². The van der Waals surface area contributed by atoms with E-state index in [1.54, 1.807) is 7.11 Å². The largest absolute Gasteiger partial charge is 0.496 e. The Morgan fingerprint density at radius 2 is 2.13 bits per heavy atom. The molecule has 0 bridgehead atoms. The molecule has 1 fully saturated rings. The van der Waals surface area contributed by atoms with Crippen molar-refractivity contribution in [2.45, 2.75) is 31.4 Å². The predicted molar refractivity (Wildman–Crippen MR) is 58.8 cm³/mol. The molecule has 3 N–H and O–H groups in total. The highest BCUT2D eigenvalue weighted by Gasteiger charge is 2.42. The van der Waals surface area contributed by atoms with E-state index in [1.807, 2.05) is 25.1 Å². The Hall–Kier alpha value is -1.06. The molecule has 2 rings (SSSR count). The molecule has 0 aliphatic heterocycles. The van der Waals surface area contributed by atoms with Crippen LogP contribution in [0.3, 0.4) is 0 Å². The van der Waals surface area contributed by atoms with Gasteiger partial charge in [-0.05, 0) is 37.0 Å². The number of nitrogens with two attached hydrogens (primary N) is 1. The van der Waals surface area contributed by atoms with Crippen LogP contribution in [0.2, 0.25) is 0 Å². The van der Waals surface area contributed by atoms with Crippen LogP contribution >= 0.6 is 0 Å². The fraction of sp³-hybridized carbons (Fsp3) is 0.500. The third-order valence-electron chi connectivity index (χ3n) is 3.24. The van der Waals surface area contributed by atoms with Crippen molar-refractivity contribution in [1.29, 1.82) is 0 Å². The van der Waals surface area contributed by atoms with E-state index < -0.39 is 0 Å². The second-order valence-electron chi connectivity index (χ2n) is 4.35. The fourth-order valence-corrected chi connectivity index (χ4v) is 2.38. The van der Waals surface area contributed by atoms with Gasteiger partial charge in [-0.15, -0.1) is 0 Å². The molecule has 1 aromatic rings. The summed E-state index contributed by atoms with van der Waals surface area (Å²) in [7, 11) is 1.66. The van der Waals surface area contributed by atoms with Gasteiger partial charge in [0.05, 0.1) is 13.2 Å². The SMILES string of the molecule is COc1cccc(C2(N)CC(O)C2)c1C. The topological polar surface area (TPSA) is 55.5 Å². The zero-order valence-electron chi connectivity index (χ0n) is 9.16. The maximum atomic E-state index is 9.35. The first kappa shape index (κ1) is 10.5. The average molecular weight is 207 g/mol. The van der Waals surface area contributed by atoms with Crippen LogP contribution in [0.5, 0.6) is 5.75 Å². The first-order chi connectivity index (χ1) is 7.07. The van der Waals surface area contributed by atoms with E-state index in [9.17, 15) is 5.11 Å². The van der Waals surface area contributed by atoms with Gasteiger partial charge in [0, 0.05) is 5.54 Å². The Balaban J connectivity index is 2.37. The molecule has 1 aliphatic carbocycles. The van der Waals surface area contributed by atoms with E-state index in [4.69, 9.17) is 10.5 Å². The highest BCUT2D eigenvalue weighted by atomic mass is 16.5. The van der Waals surface area contributed by atoms with Crippen LogP contribution in [0, 0.1) is 6.92 Å². The molecule has 82 valence electrons. The second-order valence-corrected chi connectivity index (χ2v) is 4.35. The number of methoxy groups -OCH3 is 1. The maximum absolute atomic E-state index is 9.35. The van der Waals surface area contributed by atoms with Crippen molar-refractivity contribution in [3.8, 4) is 5.75 Å². The van der Waals surface area contributed by atoms with E-state index in [2.05, 4.69) is 0 Å². The Morgan fingerprint density at radius 3 is 2.67 bits per heavy atom. The molecule has 1 aromatic carbocycles. The molecule has 1 aliphatic rings. The van der Waals surface area contributed by atoms with Crippen molar-refractivity contribution in [2.24, 2.45) is 5.73 Å². The molecule has 15 heavy (non-hydrogen) atoms. The van der Waals surface area contributed by atoms with E-state index >= 15 is 0 Å². The quantitative estimate of drug-likeness (QED) is 0.768. The molecule has 0 atom stereocenters. The number of aliphatic hydroxyl groups excluding tert-OH is 1. The monoisotopic (exact) mass is 207 g/mol. The molecule has 0 amide bonds. The highest BCUT2D eigenvalue weighted by Crippen LogP contribution is 2.41. The van der Waals surface area contributed by atoms with E-state index in [0.717, 1.165) is 16.9 Å². The minimum absolute atomic E-state index is 0.249. The van der Waals surface area contributed by atoms with Gasteiger partial charge in [-0.2, -0.15) is 0 Å². The van der Waals surface area contributed by atoms with Crippen LogP contribution in [-0.4, -0.2) is 18.3 Å². The fourth-order valence-electron chi connectivity index (χ4n) is 2.38. The van der Waals surface area contributed by atoms with Gasteiger partial charge in [-0.25, -0.2) is 0 Å². The lowest BCUT2D eigenvalue weighted by molar-refractivity contribution is 0.0205. The van der Waals surface area contributed by atoms with Gasteiger partial charge in [0.25, 0.3) is 0 Å². The van der Waals surface area contributed by atoms with E-state index in [0.29, 0.717) is 12.8 Å². The lowest BCUT2D eigenvalue weighted by atomic mass is 9.69. The summed E-state index contributed by atoms with van der Waals surface area (Å²) in [6.07, 6.45) is 1.03. The zero-order chi connectivity index (χ0) is 11.1. The molecule has 3 heteroatoms. The molecular weight excluding hydrogens is 190 g/mol. The summed E-state index contributed by atoms with van der Waals surface area (Å²) < 4.78 is 5.26. The Labute approximate surface area is 89.9 Å². The molecule has 0 heterocycles. The number of rotatable bonds is 2. The van der Waals surface area contributed by atoms with Gasteiger partial charge >= 0.3 is 0 Å². The summed E-state index contributed by atoms with van der Waals surface area (Å²) in [6, 6.07) is 5.89. The number of benzene rings is 1. The van der Waals surface area contributed by atoms with Crippen LogP contribution in [0.4, 0.5) is 0 Å². The van der Waals surface area contributed by atoms with Crippen molar-refractivity contribution in [3.63, 3.8) is 0 Å². The maximum Gasteiger partial charge on any atom is 0.122 e. The predicted octanol–water partition coefficient (Wildman–Crippen LogP) is 1.31. The zero-order valence-corrected chi connectivity index (χ0v) is 9.16. The average Bonchev–Trinajstić information content (AvgIpc) is 2.16. The van der Waals surface area contributed by atoms with E-state index in [1.165, 1.54) is 0 Å². The minimum atomic E-state index is -0.363. The molecule has 1 saturated carbocycles. The molecule has 0 aromatic heterocycles. The second kappa shape index (κ2) is 3.51. The number of ether oxygens (including phenoxy) is 1. The molecule has 0 spiro atoms. The summed E-state index contributed by atoms with van der Waals surface area (Å²) in [5.74, 6) is 0.860. The summed E-state index contributed by atoms with van der Waals surface area (Å²) in [5, 5.41) is 9.35. The normalized spacial score (nSPS) is 29.7. The van der Waals surface area contributed by atoms with E-state index in [-0.39, 0.29) is 11.6 Å². The summed E-state index contributed by atoms with van der Waals surface area (Å²) in [5.41, 5.74) is 8.03. The molecule has 3 nitrogen and oxygen atoms in total. The third-order valence-corrected chi connectivity index (χ3v) is 3.24. The summed E-state index contributed by atoms with van der Waals surface area (Å²) in [6.45, 7) is 2.01. The Morgan fingerprint density at radius 1 is 1.47 bits per heavy atom. The van der Waals surface area contributed by atoms with Gasteiger partial charge in [0.2, 0.25) is 0 Å². The van der Waals surface area contributed by atoms with Crippen LogP contribution in [0.15, 0.2) is 18.2 Å². The lowest BCUT2D eigenvalue weighted by Gasteiger charge is -2.43. The van der Waals surface area contributed by atoms with Crippen molar-refractivity contribution < 1.29 is 9.84 Å². The smallest absolute Gasteiger partial charge is 0.122 e. The van der Waals surface area contributed by atoms with Crippen molar-refractivity contribution in [3.05, 3.63) is 29.3 Å². The minimum Gasteiger partial charge on any atom is -0.496 e. The van der Waals surface area contributed by atoms with Crippen molar-refractivity contribution in [2.75, 3.05) is 7.11 Å². The first-order valence-corrected chi connectivity index (χ1v) is 5.18. The summed E-state index contributed by atoms with van der Waals surface area (Å²) >= 11 is 0. The van der Waals surface area contributed by atoms with Crippen molar-refractivity contribution >= 4 is 0 Å². The van der Waals surface area contributed by atoms with Gasteiger partial charge in [0.15, 0.2) is 0 Å². The number of hydrogen-bond donors (Lipinski definition) is 2. The standard InChI is InChI=1S/C12H17NO2/c1-8-10(4-3-5-11(8)15-2)12(13)6-9(14)7-12/h3-5,9,14H,6-7,13H2,1-2H3. The third kappa shape index (κ3) is 1.62. The number of hydrogen-bond acceptors (Lipinski definition) is 3. The first-order valence-electron chi connectivity index (χ1n) is 5.18. The molecule has 0 radical (unpaired) electrons. The highest BCUT2D eigenvalue weighted by molar-refractivity contribution is 5.44. The van der Waals surface area contributed by atoms with Gasteiger partial charge in [-0.1, -0.05) is 12.1 Å². The lowest BCUT2D eigenvalue weighted by Crippen LogP contribution is -2.52. The molecular formula is C12H17NO2. The molecule has 0 unspecified atom stereocenters. The molecule has 0 saturated heterocycles. The Bertz CT molecular complexity index is 370. The number of aliphatic hydroxyl groups is 1. The van der Waals surface area contributed by atoms with Gasteiger partial charge in [-0.3, -0.25) is 0 Å². The van der Waals surface area contributed by atoms with Gasteiger partial charge < -0.3 is 15.6 Å².